The molecule has 0 aromatic rings. The highest BCUT2D eigenvalue weighted by molar-refractivity contribution is 5.81. The molecule has 1 atom stereocenters. The highest BCUT2D eigenvalue weighted by Gasteiger charge is 2.25. The van der Waals surface area contributed by atoms with Crippen molar-refractivity contribution in [1.29, 1.82) is 0 Å². The third-order valence-electron chi connectivity index (χ3n) is 4.07. The minimum Gasteiger partial charge on any atom is -0.353 e. The summed E-state index contributed by atoms with van der Waals surface area (Å²) in [6.07, 6.45) is 4.74. The second-order valence-electron chi connectivity index (χ2n) is 5.73. The Morgan fingerprint density at radius 3 is 2.53 bits per heavy atom. The van der Waals surface area contributed by atoms with Crippen LogP contribution in [-0.2, 0) is 9.59 Å². The molecule has 108 valence electrons. The van der Waals surface area contributed by atoms with Crippen LogP contribution in [0.2, 0.25) is 0 Å². The van der Waals surface area contributed by atoms with E-state index in [-0.39, 0.29) is 23.8 Å². The van der Waals surface area contributed by atoms with Gasteiger partial charge in [-0.05, 0) is 19.8 Å². The van der Waals surface area contributed by atoms with E-state index in [2.05, 4.69) is 10.6 Å². The molecule has 1 aliphatic heterocycles. The van der Waals surface area contributed by atoms with Gasteiger partial charge in [-0.25, -0.2) is 0 Å². The summed E-state index contributed by atoms with van der Waals surface area (Å²) in [5, 5.41) is 6.22. The number of carbonyl (C=O) groups excluding carboxylic acids is 2. The van der Waals surface area contributed by atoms with Crippen LogP contribution in [0.4, 0.5) is 0 Å². The fraction of sp³-hybridized carbons (Fsp3) is 0.857. The van der Waals surface area contributed by atoms with Crippen LogP contribution >= 0.6 is 0 Å². The van der Waals surface area contributed by atoms with E-state index in [1.54, 1.807) is 0 Å². The lowest BCUT2D eigenvalue weighted by Gasteiger charge is -2.28. The van der Waals surface area contributed by atoms with Gasteiger partial charge in [0.05, 0.1) is 0 Å². The number of hydrogen-bond donors (Lipinski definition) is 2. The molecule has 1 aliphatic carbocycles. The predicted octanol–water partition coefficient (Wildman–Crippen LogP) is 0.503. The molecule has 0 spiro atoms. The summed E-state index contributed by atoms with van der Waals surface area (Å²) in [7, 11) is 0. The molecule has 2 amide bonds. The summed E-state index contributed by atoms with van der Waals surface area (Å²) in [6, 6.07) is -0.0597. The first-order valence-corrected chi connectivity index (χ1v) is 7.45. The average molecular weight is 267 g/mol. The Labute approximate surface area is 115 Å². The molecular formula is C14H25N3O2. The maximum absolute atomic E-state index is 12.1. The van der Waals surface area contributed by atoms with Crippen molar-refractivity contribution >= 4 is 11.8 Å². The zero-order chi connectivity index (χ0) is 13.7. The average Bonchev–Trinajstić information content (AvgIpc) is 2.93. The minimum absolute atomic E-state index is 0.0597. The van der Waals surface area contributed by atoms with Gasteiger partial charge < -0.3 is 15.5 Å². The Hall–Kier alpha value is -1.10. The zero-order valence-electron chi connectivity index (χ0n) is 11.8. The molecule has 19 heavy (non-hydrogen) atoms. The van der Waals surface area contributed by atoms with Gasteiger partial charge in [0.15, 0.2) is 0 Å². The van der Waals surface area contributed by atoms with Crippen molar-refractivity contribution in [3.05, 3.63) is 0 Å². The Morgan fingerprint density at radius 1 is 1.26 bits per heavy atom. The molecule has 0 aromatic carbocycles. The van der Waals surface area contributed by atoms with E-state index in [1.807, 2.05) is 11.8 Å². The van der Waals surface area contributed by atoms with Crippen molar-refractivity contribution < 1.29 is 9.59 Å². The topological polar surface area (TPSA) is 61.4 Å². The third-order valence-corrected chi connectivity index (χ3v) is 4.07. The summed E-state index contributed by atoms with van der Waals surface area (Å²) in [5.41, 5.74) is 0. The van der Waals surface area contributed by atoms with E-state index in [4.69, 9.17) is 0 Å². The SMILES string of the molecule is CC(CC(=O)N1CCNCC1)NC(=O)C1CCCC1. The molecule has 0 aromatic heterocycles. The quantitative estimate of drug-likeness (QED) is 0.780. The van der Waals surface area contributed by atoms with Gasteiger partial charge in [0, 0.05) is 44.6 Å². The van der Waals surface area contributed by atoms with E-state index >= 15 is 0 Å². The van der Waals surface area contributed by atoms with Crippen molar-refractivity contribution in [2.24, 2.45) is 5.92 Å². The van der Waals surface area contributed by atoms with Crippen LogP contribution in [0.5, 0.6) is 0 Å². The van der Waals surface area contributed by atoms with Crippen molar-refractivity contribution in [1.82, 2.24) is 15.5 Å². The number of hydrogen-bond acceptors (Lipinski definition) is 3. The monoisotopic (exact) mass is 267 g/mol. The molecule has 2 fully saturated rings. The van der Waals surface area contributed by atoms with Crippen LogP contribution in [-0.4, -0.2) is 48.9 Å². The smallest absolute Gasteiger partial charge is 0.224 e. The summed E-state index contributed by atoms with van der Waals surface area (Å²) in [5.74, 6) is 0.468. The van der Waals surface area contributed by atoms with E-state index < -0.39 is 0 Å². The lowest BCUT2D eigenvalue weighted by Crippen LogP contribution is -2.48. The summed E-state index contributed by atoms with van der Waals surface area (Å²) in [4.78, 5) is 25.9. The molecule has 5 nitrogen and oxygen atoms in total. The van der Waals surface area contributed by atoms with E-state index in [0.29, 0.717) is 6.42 Å². The molecule has 2 aliphatic rings. The second kappa shape index (κ2) is 6.89. The fourth-order valence-corrected chi connectivity index (χ4v) is 2.90. The first-order chi connectivity index (χ1) is 9.16. The predicted molar refractivity (Wildman–Crippen MR) is 73.6 cm³/mol. The second-order valence-corrected chi connectivity index (χ2v) is 5.73. The van der Waals surface area contributed by atoms with Gasteiger partial charge in [-0.3, -0.25) is 9.59 Å². The number of nitrogens with zero attached hydrogens (tertiary/aromatic N) is 1. The van der Waals surface area contributed by atoms with E-state index in [1.165, 1.54) is 0 Å². The molecule has 1 saturated heterocycles. The number of carbonyl (C=O) groups is 2. The Morgan fingerprint density at radius 2 is 1.89 bits per heavy atom. The van der Waals surface area contributed by atoms with Gasteiger partial charge >= 0.3 is 0 Å². The number of rotatable bonds is 4. The molecule has 2 rings (SSSR count). The lowest BCUT2D eigenvalue weighted by molar-refractivity contribution is -0.132. The van der Waals surface area contributed by atoms with Gasteiger partial charge in [-0.15, -0.1) is 0 Å². The molecule has 0 bridgehead atoms. The molecule has 1 heterocycles. The molecule has 0 radical (unpaired) electrons. The Balaban J connectivity index is 1.72. The molecule has 2 N–H and O–H groups in total. The van der Waals surface area contributed by atoms with E-state index in [0.717, 1.165) is 51.9 Å². The van der Waals surface area contributed by atoms with Crippen LogP contribution in [0.15, 0.2) is 0 Å². The van der Waals surface area contributed by atoms with Gasteiger partial charge in [0.1, 0.15) is 0 Å². The zero-order valence-corrected chi connectivity index (χ0v) is 11.8. The Kier molecular flexibility index (Phi) is 5.19. The highest BCUT2D eigenvalue weighted by Crippen LogP contribution is 2.24. The molecule has 1 saturated carbocycles. The van der Waals surface area contributed by atoms with Gasteiger partial charge in [0.25, 0.3) is 0 Å². The normalized spacial score (nSPS) is 22.3. The van der Waals surface area contributed by atoms with Crippen molar-refractivity contribution in [2.45, 2.75) is 45.1 Å². The van der Waals surface area contributed by atoms with E-state index in [9.17, 15) is 9.59 Å². The largest absolute Gasteiger partial charge is 0.353 e. The van der Waals surface area contributed by atoms with Crippen molar-refractivity contribution in [3.63, 3.8) is 0 Å². The molecule has 1 unspecified atom stereocenters. The van der Waals surface area contributed by atoms with Crippen LogP contribution in [0.25, 0.3) is 0 Å². The van der Waals surface area contributed by atoms with Gasteiger partial charge in [-0.1, -0.05) is 12.8 Å². The maximum atomic E-state index is 12.1. The molecular weight excluding hydrogens is 242 g/mol. The van der Waals surface area contributed by atoms with Crippen LogP contribution in [0, 0.1) is 5.92 Å². The third kappa shape index (κ3) is 4.20. The minimum atomic E-state index is -0.0597. The fourth-order valence-electron chi connectivity index (χ4n) is 2.90. The summed E-state index contributed by atoms with van der Waals surface area (Å²) < 4.78 is 0. The number of piperazine rings is 1. The maximum Gasteiger partial charge on any atom is 0.224 e. The standard InChI is InChI=1S/C14H25N3O2/c1-11(16-14(19)12-4-2-3-5-12)10-13(18)17-8-6-15-7-9-17/h11-12,15H,2-10H2,1H3,(H,16,19). The summed E-state index contributed by atoms with van der Waals surface area (Å²) >= 11 is 0. The van der Waals surface area contributed by atoms with Gasteiger partial charge in [-0.2, -0.15) is 0 Å². The highest BCUT2D eigenvalue weighted by atomic mass is 16.2. The van der Waals surface area contributed by atoms with Gasteiger partial charge in [0.2, 0.25) is 11.8 Å². The van der Waals surface area contributed by atoms with Crippen LogP contribution in [0.3, 0.4) is 0 Å². The Bertz CT molecular complexity index is 321. The van der Waals surface area contributed by atoms with Crippen molar-refractivity contribution in [3.8, 4) is 0 Å². The van der Waals surface area contributed by atoms with Crippen molar-refractivity contribution in [2.75, 3.05) is 26.2 Å². The first kappa shape index (κ1) is 14.3. The molecule has 5 heteroatoms. The van der Waals surface area contributed by atoms with Crippen LogP contribution in [0.1, 0.15) is 39.0 Å². The summed E-state index contributed by atoms with van der Waals surface area (Å²) in [6.45, 7) is 5.22. The number of nitrogens with one attached hydrogen (secondary N) is 2. The van der Waals surface area contributed by atoms with Crippen LogP contribution < -0.4 is 10.6 Å². The number of amides is 2. The lowest BCUT2D eigenvalue weighted by atomic mass is 10.1. The first-order valence-electron chi connectivity index (χ1n) is 7.45.